The maximum Gasteiger partial charge on any atom is 0.0708 e. The average Bonchev–Trinajstić information content (AvgIpc) is 3.63. The van der Waals surface area contributed by atoms with Crippen LogP contribution >= 0.6 is 0 Å². The lowest BCUT2D eigenvalue weighted by Crippen LogP contribution is -2.15. The molecule has 236 valence electrons. The van der Waals surface area contributed by atoms with Crippen LogP contribution < -0.4 is 0 Å². The molecule has 0 fully saturated rings. The van der Waals surface area contributed by atoms with Gasteiger partial charge < -0.3 is 4.57 Å². The van der Waals surface area contributed by atoms with Gasteiger partial charge in [0.15, 0.2) is 0 Å². The molecule has 0 amide bonds. The molecule has 1 aliphatic carbocycles. The van der Waals surface area contributed by atoms with Crippen LogP contribution in [0.2, 0.25) is 0 Å². The molecule has 0 aliphatic heterocycles. The van der Waals surface area contributed by atoms with Gasteiger partial charge in [0.25, 0.3) is 0 Å². The summed E-state index contributed by atoms with van der Waals surface area (Å²) in [5.74, 6) is 0. The lowest BCUT2D eigenvalue weighted by atomic mass is 9.81. The Hall–Kier alpha value is -6.25. The van der Waals surface area contributed by atoms with Crippen LogP contribution in [-0.4, -0.2) is 9.55 Å². The van der Waals surface area contributed by atoms with Crippen molar-refractivity contribution in [3.8, 4) is 50.2 Å². The van der Waals surface area contributed by atoms with E-state index in [2.05, 4.69) is 181 Å². The summed E-state index contributed by atoms with van der Waals surface area (Å²) in [6.45, 7) is 4.74. The topological polar surface area (TPSA) is 17.8 Å². The minimum Gasteiger partial charge on any atom is -0.309 e. The van der Waals surface area contributed by atoms with Crippen molar-refractivity contribution in [1.29, 1.82) is 0 Å². The van der Waals surface area contributed by atoms with Crippen molar-refractivity contribution in [3.05, 3.63) is 181 Å². The fourth-order valence-corrected chi connectivity index (χ4v) is 8.30. The quantitative estimate of drug-likeness (QED) is 0.188. The second-order valence-corrected chi connectivity index (χ2v) is 14.0. The molecular formula is C48H34N2. The highest BCUT2D eigenvalue weighted by Crippen LogP contribution is 2.50. The van der Waals surface area contributed by atoms with Crippen molar-refractivity contribution in [2.24, 2.45) is 0 Å². The molecule has 7 aromatic carbocycles. The number of para-hydroxylation sites is 2. The van der Waals surface area contributed by atoms with Crippen molar-refractivity contribution in [3.63, 3.8) is 0 Å². The van der Waals surface area contributed by atoms with Gasteiger partial charge in [-0.15, -0.1) is 0 Å². The summed E-state index contributed by atoms with van der Waals surface area (Å²) < 4.78 is 2.38. The largest absolute Gasteiger partial charge is 0.309 e. The predicted octanol–water partition coefficient (Wildman–Crippen LogP) is 12.6. The van der Waals surface area contributed by atoms with Crippen LogP contribution in [0.25, 0.3) is 82.9 Å². The summed E-state index contributed by atoms with van der Waals surface area (Å²) in [6.07, 6.45) is 1.86. The number of pyridine rings is 1. The Bertz CT molecular complexity index is 2710. The highest BCUT2D eigenvalue weighted by molar-refractivity contribution is 6.09. The number of hydrogen-bond donors (Lipinski definition) is 0. The van der Waals surface area contributed by atoms with E-state index in [9.17, 15) is 0 Å². The van der Waals surface area contributed by atoms with Gasteiger partial charge in [-0.25, -0.2) is 0 Å². The van der Waals surface area contributed by atoms with E-state index in [1.54, 1.807) is 0 Å². The Kier molecular flexibility index (Phi) is 6.25. The molecule has 50 heavy (non-hydrogen) atoms. The van der Waals surface area contributed by atoms with Crippen molar-refractivity contribution in [2.45, 2.75) is 19.3 Å². The Balaban J connectivity index is 0.970. The third-order valence-electron chi connectivity index (χ3n) is 10.9. The summed E-state index contributed by atoms with van der Waals surface area (Å²) in [5.41, 5.74) is 17.4. The van der Waals surface area contributed by atoms with E-state index in [1.165, 1.54) is 88.5 Å². The molecule has 2 heteroatoms. The standard InChI is InChI=1S/C48H34N2/c1-48(2)43-29-34(31-16-18-33(19-17-31)37-11-7-13-45-40(37)12-8-28-49-45)22-26-38(43)39-27-23-35(30-44(39)48)32-20-24-36(25-21-32)50-46-14-5-3-9-41(46)42-10-4-6-15-47(42)50/h3-30H,1-2H3. The lowest BCUT2D eigenvalue weighted by Gasteiger charge is -2.22. The molecule has 0 atom stereocenters. The molecule has 9 aromatic rings. The van der Waals surface area contributed by atoms with Gasteiger partial charge in [0.1, 0.15) is 0 Å². The highest BCUT2D eigenvalue weighted by Gasteiger charge is 2.36. The van der Waals surface area contributed by atoms with Crippen LogP contribution in [0, 0.1) is 0 Å². The molecule has 0 saturated heterocycles. The van der Waals surface area contributed by atoms with Crippen molar-refractivity contribution in [2.75, 3.05) is 0 Å². The van der Waals surface area contributed by atoms with Gasteiger partial charge in [-0.3, -0.25) is 4.98 Å². The van der Waals surface area contributed by atoms with Crippen LogP contribution in [0.3, 0.4) is 0 Å². The zero-order valence-electron chi connectivity index (χ0n) is 28.1. The number of aromatic nitrogens is 2. The number of fused-ring (bicyclic) bond motifs is 7. The molecule has 0 spiro atoms. The molecule has 2 nitrogen and oxygen atoms in total. The fourth-order valence-electron chi connectivity index (χ4n) is 8.30. The summed E-state index contributed by atoms with van der Waals surface area (Å²) in [7, 11) is 0. The van der Waals surface area contributed by atoms with Gasteiger partial charge >= 0.3 is 0 Å². The van der Waals surface area contributed by atoms with E-state index >= 15 is 0 Å². The van der Waals surface area contributed by atoms with Gasteiger partial charge in [-0.1, -0.05) is 129 Å². The molecule has 2 heterocycles. The smallest absolute Gasteiger partial charge is 0.0708 e. The molecule has 0 bridgehead atoms. The van der Waals surface area contributed by atoms with Crippen LogP contribution in [0.5, 0.6) is 0 Å². The zero-order valence-corrected chi connectivity index (χ0v) is 28.1. The Morgan fingerprint density at radius 2 is 0.940 bits per heavy atom. The molecule has 0 unspecified atom stereocenters. The first kappa shape index (κ1) is 28.7. The molecule has 2 aromatic heterocycles. The van der Waals surface area contributed by atoms with E-state index in [0.29, 0.717) is 0 Å². The second-order valence-electron chi connectivity index (χ2n) is 14.0. The molecule has 0 saturated carbocycles. The third kappa shape index (κ3) is 4.32. The van der Waals surface area contributed by atoms with Crippen molar-refractivity contribution >= 4 is 32.7 Å². The van der Waals surface area contributed by atoms with Crippen LogP contribution in [0.1, 0.15) is 25.0 Å². The number of benzene rings is 7. The summed E-state index contributed by atoms with van der Waals surface area (Å²) >= 11 is 0. The molecule has 0 radical (unpaired) electrons. The van der Waals surface area contributed by atoms with E-state index in [0.717, 1.165) is 5.52 Å². The van der Waals surface area contributed by atoms with Gasteiger partial charge in [0.05, 0.1) is 16.6 Å². The first-order valence-electron chi connectivity index (χ1n) is 17.4. The van der Waals surface area contributed by atoms with Gasteiger partial charge in [0.2, 0.25) is 0 Å². The van der Waals surface area contributed by atoms with Gasteiger partial charge in [0, 0.05) is 33.5 Å². The maximum atomic E-state index is 4.55. The minimum absolute atomic E-state index is 0.116. The Labute approximate surface area is 291 Å². The van der Waals surface area contributed by atoms with E-state index < -0.39 is 0 Å². The highest BCUT2D eigenvalue weighted by atomic mass is 15.0. The first-order chi connectivity index (χ1) is 24.5. The summed E-state index contributed by atoms with van der Waals surface area (Å²) in [4.78, 5) is 4.55. The Morgan fingerprint density at radius 3 is 1.56 bits per heavy atom. The molecular weight excluding hydrogens is 605 g/mol. The maximum absolute atomic E-state index is 4.55. The van der Waals surface area contributed by atoms with Crippen molar-refractivity contribution < 1.29 is 0 Å². The van der Waals surface area contributed by atoms with Crippen LogP contribution in [0.15, 0.2) is 170 Å². The lowest BCUT2D eigenvalue weighted by molar-refractivity contribution is 0.661. The zero-order chi connectivity index (χ0) is 33.4. The summed E-state index contributed by atoms with van der Waals surface area (Å²) in [5, 5.41) is 3.75. The summed E-state index contributed by atoms with van der Waals surface area (Å²) in [6, 6.07) is 60.0. The predicted molar refractivity (Wildman–Crippen MR) is 210 cm³/mol. The normalized spacial score (nSPS) is 13.2. The van der Waals surface area contributed by atoms with Crippen molar-refractivity contribution in [1.82, 2.24) is 9.55 Å². The van der Waals surface area contributed by atoms with E-state index in [4.69, 9.17) is 0 Å². The molecule has 0 N–H and O–H groups in total. The first-order valence-corrected chi connectivity index (χ1v) is 17.4. The van der Waals surface area contributed by atoms with Crippen LogP contribution in [0.4, 0.5) is 0 Å². The second kappa shape index (κ2) is 10.9. The third-order valence-corrected chi connectivity index (χ3v) is 10.9. The van der Waals surface area contributed by atoms with E-state index in [1.807, 2.05) is 12.3 Å². The van der Waals surface area contributed by atoms with Gasteiger partial charge in [-0.05, 0) is 104 Å². The Morgan fingerprint density at radius 1 is 0.420 bits per heavy atom. The molecule has 10 rings (SSSR count). The number of rotatable bonds is 4. The number of nitrogens with zero attached hydrogens (tertiary/aromatic N) is 2. The average molecular weight is 639 g/mol. The SMILES string of the molecule is CC1(C)c2cc(-c3ccc(-c4cccc5ncccc45)cc3)ccc2-c2ccc(-c3ccc(-n4c5ccccc5c5ccccc54)cc3)cc21. The van der Waals surface area contributed by atoms with Gasteiger partial charge in [-0.2, -0.15) is 0 Å². The minimum atomic E-state index is -0.116. The fraction of sp³-hybridized carbons (Fsp3) is 0.0625. The number of hydrogen-bond acceptors (Lipinski definition) is 1. The van der Waals surface area contributed by atoms with E-state index in [-0.39, 0.29) is 5.41 Å². The monoisotopic (exact) mass is 638 g/mol. The molecule has 1 aliphatic rings. The van der Waals surface area contributed by atoms with Crippen LogP contribution in [-0.2, 0) is 5.41 Å².